The Labute approximate surface area is 57.0 Å². The van der Waals surface area contributed by atoms with Crippen LogP contribution in [0.4, 0.5) is 0 Å². The molecule has 1 aromatic heterocycles. The minimum Gasteiger partial charge on any atom is -0.486 e. The average molecular weight is 144 g/mol. The topological polar surface area (TPSA) is 38.0 Å². The van der Waals surface area contributed by atoms with Gasteiger partial charge in [-0.2, -0.15) is 0 Å². The molecule has 0 radical (unpaired) electrons. The zero-order chi connectivity index (χ0) is 6.85. The number of hydrogen-bond donors (Lipinski definition) is 1. The first kappa shape index (κ1) is 6.35. The van der Waals surface area contributed by atoms with Crippen molar-refractivity contribution in [2.45, 2.75) is 0 Å². The summed E-state index contributed by atoms with van der Waals surface area (Å²) in [4.78, 5) is 0.506. The van der Waals surface area contributed by atoms with Crippen molar-refractivity contribution in [3.63, 3.8) is 0 Å². The fraction of sp³-hybridized carbons (Fsp3) is 0.400. The molecule has 1 heterocycles. The van der Waals surface area contributed by atoms with E-state index in [2.05, 4.69) is 0 Å². The molecule has 1 aromatic rings. The maximum atomic E-state index is 7.25. The molecule has 1 rings (SSSR count). The second-order valence-corrected chi connectivity index (χ2v) is 2.66. The quantitative estimate of drug-likeness (QED) is 0.615. The maximum absolute atomic E-state index is 7.25. The van der Waals surface area contributed by atoms with Crippen LogP contribution in [0, 0.1) is 5.41 Å². The lowest BCUT2D eigenvalue weighted by atomic mass is 10.9. The number of aromatic nitrogens is 1. The van der Waals surface area contributed by atoms with Gasteiger partial charge in [0.2, 0.25) is 0 Å². The number of aryl methyl sites for hydroxylation is 1. The van der Waals surface area contributed by atoms with E-state index in [9.17, 15) is 0 Å². The molecule has 0 spiro atoms. The number of nitrogens with zero attached hydrogens (tertiary/aromatic N) is 1. The number of methoxy groups -OCH3 is 1. The number of rotatable bonds is 1. The Morgan fingerprint density at radius 2 is 2.44 bits per heavy atom. The van der Waals surface area contributed by atoms with Crippen LogP contribution in [0.2, 0.25) is 0 Å². The first-order chi connectivity index (χ1) is 4.24. The molecule has 0 amide bonds. The summed E-state index contributed by atoms with van der Waals surface area (Å²) in [6.45, 7) is 0. The zero-order valence-electron chi connectivity index (χ0n) is 5.34. The van der Waals surface area contributed by atoms with Crippen molar-refractivity contribution in [1.29, 1.82) is 5.41 Å². The molecule has 9 heavy (non-hydrogen) atoms. The van der Waals surface area contributed by atoms with Crippen molar-refractivity contribution in [2.24, 2.45) is 7.05 Å². The van der Waals surface area contributed by atoms with E-state index in [1.165, 1.54) is 11.3 Å². The summed E-state index contributed by atoms with van der Waals surface area (Å²) >= 11 is 1.32. The van der Waals surface area contributed by atoms with Crippen LogP contribution in [-0.4, -0.2) is 11.7 Å². The summed E-state index contributed by atoms with van der Waals surface area (Å²) in [6, 6.07) is 0. The molecular formula is C5H8N2OS. The van der Waals surface area contributed by atoms with Gasteiger partial charge in [0, 0.05) is 7.05 Å². The molecule has 0 aliphatic rings. The predicted molar refractivity (Wildman–Crippen MR) is 35.7 cm³/mol. The summed E-state index contributed by atoms with van der Waals surface area (Å²) < 4.78 is 6.61. The largest absolute Gasteiger partial charge is 0.486 e. The number of ether oxygens (including phenoxy) is 1. The van der Waals surface area contributed by atoms with Crippen molar-refractivity contribution < 1.29 is 4.74 Å². The standard InChI is InChI=1S/C5H8N2OS/c1-7-3-4(8-2)9-5(7)6/h3,6H,1-2H3. The van der Waals surface area contributed by atoms with Gasteiger partial charge in [0.25, 0.3) is 0 Å². The molecule has 50 valence electrons. The lowest BCUT2D eigenvalue weighted by molar-refractivity contribution is 0.424. The van der Waals surface area contributed by atoms with Crippen molar-refractivity contribution in [2.75, 3.05) is 7.11 Å². The van der Waals surface area contributed by atoms with E-state index in [1.54, 1.807) is 17.9 Å². The second-order valence-electron chi connectivity index (χ2n) is 1.67. The van der Waals surface area contributed by atoms with Gasteiger partial charge in [0.1, 0.15) is 0 Å². The van der Waals surface area contributed by atoms with Crippen LogP contribution in [0.5, 0.6) is 5.06 Å². The lowest BCUT2D eigenvalue weighted by Crippen LogP contribution is -2.05. The average Bonchev–Trinajstić information content (AvgIpc) is 2.13. The first-order valence-electron chi connectivity index (χ1n) is 2.49. The SMILES string of the molecule is COc1cn(C)c(=N)s1. The number of thiazole rings is 1. The van der Waals surface area contributed by atoms with Gasteiger partial charge in [0.05, 0.1) is 13.3 Å². The van der Waals surface area contributed by atoms with E-state index in [4.69, 9.17) is 10.1 Å². The van der Waals surface area contributed by atoms with Crippen LogP contribution >= 0.6 is 11.3 Å². The van der Waals surface area contributed by atoms with Crippen molar-refractivity contribution in [3.8, 4) is 5.06 Å². The molecule has 0 aliphatic carbocycles. The molecule has 0 atom stereocenters. The van der Waals surface area contributed by atoms with E-state index >= 15 is 0 Å². The lowest BCUT2D eigenvalue weighted by Gasteiger charge is -1.87. The fourth-order valence-electron chi connectivity index (χ4n) is 0.505. The van der Waals surface area contributed by atoms with E-state index < -0.39 is 0 Å². The molecular weight excluding hydrogens is 136 g/mol. The Hall–Kier alpha value is -0.770. The third-order valence-corrected chi connectivity index (χ3v) is 1.97. The molecule has 0 aliphatic heterocycles. The van der Waals surface area contributed by atoms with Crippen LogP contribution in [0.1, 0.15) is 0 Å². The highest BCUT2D eigenvalue weighted by Crippen LogP contribution is 2.11. The molecule has 0 bridgehead atoms. The van der Waals surface area contributed by atoms with Crippen molar-refractivity contribution in [1.82, 2.24) is 4.57 Å². The fourth-order valence-corrected chi connectivity index (χ4v) is 1.19. The third-order valence-electron chi connectivity index (χ3n) is 1.02. The minimum absolute atomic E-state index is 0.506. The van der Waals surface area contributed by atoms with Gasteiger partial charge < -0.3 is 9.30 Å². The Kier molecular flexibility index (Phi) is 1.57. The number of hydrogen-bond acceptors (Lipinski definition) is 3. The van der Waals surface area contributed by atoms with Crippen LogP contribution in [-0.2, 0) is 7.05 Å². The van der Waals surface area contributed by atoms with Crippen LogP contribution in [0.15, 0.2) is 6.20 Å². The van der Waals surface area contributed by atoms with E-state index in [0.29, 0.717) is 4.80 Å². The van der Waals surface area contributed by atoms with Crippen LogP contribution in [0.3, 0.4) is 0 Å². The Morgan fingerprint density at radius 1 is 1.78 bits per heavy atom. The monoisotopic (exact) mass is 144 g/mol. The van der Waals surface area contributed by atoms with Crippen LogP contribution in [0.25, 0.3) is 0 Å². The van der Waals surface area contributed by atoms with E-state index in [1.807, 2.05) is 7.05 Å². The highest BCUT2D eigenvalue weighted by atomic mass is 32.1. The van der Waals surface area contributed by atoms with Crippen molar-refractivity contribution in [3.05, 3.63) is 11.0 Å². The molecule has 0 aromatic carbocycles. The smallest absolute Gasteiger partial charge is 0.193 e. The number of nitrogens with one attached hydrogen (secondary N) is 1. The zero-order valence-corrected chi connectivity index (χ0v) is 6.16. The van der Waals surface area contributed by atoms with Gasteiger partial charge in [-0.25, -0.2) is 0 Å². The molecule has 0 fully saturated rings. The van der Waals surface area contributed by atoms with E-state index in [0.717, 1.165) is 5.06 Å². The second kappa shape index (κ2) is 2.23. The van der Waals surface area contributed by atoms with Gasteiger partial charge in [-0.1, -0.05) is 11.3 Å². The first-order valence-corrected chi connectivity index (χ1v) is 3.30. The van der Waals surface area contributed by atoms with E-state index in [-0.39, 0.29) is 0 Å². The Bertz CT molecular complexity index is 250. The summed E-state index contributed by atoms with van der Waals surface area (Å²) in [7, 11) is 3.42. The molecule has 0 saturated carbocycles. The Balaban J connectivity index is 3.13. The summed E-state index contributed by atoms with van der Waals surface area (Å²) in [5.41, 5.74) is 0. The highest BCUT2D eigenvalue weighted by Gasteiger charge is 1.94. The summed E-state index contributed by atoms with van der Waals surface area (Å²) in [6.07, 6.45) is 1.78. The van der Waals surface area contributed by atoms with Gasteiger partial charge in [-0.3, -0.25) is 5.41 Å². The molecule has 4 heteroatoms. The highest BCUT2D eigenvalue weighted by molar-refractivity contribution is 7.11. The van der Waals surface area contributed by atoms with Crippen molar-refractivity contribution >= 4 is 11.3 Å². The predicted octanol–water partition coefficient (Wildman–Crippen LogP) is 0.575. The Morgan fingerprint density at radius 3 is 2.67 bits per heavy atom. The van der Waals surface area contributed by atoms with Gasteiger partial charge in [-0.15, -0.1) is 0 Å². The molecule has 0 unspecified atom stereocenters. The normalized spacial score (nSPS) is 9.56. The van der Waals surface area contributed by atoms with Gasteiger partial charge in [-0.05, 0) is 0 Å². The summed E-state index contributed by atoms with van der Waals surface area (Å²) in [5, 5.41) is 8.03. The van der Waals surface area contributed by atoms with Gasteiger partial charge in [0.15, 0.2) is 9.86 Å². The minimum atomic E-state index is 0.506. The summed E-state index contributed by atoms with van der Waals surface area (Å²) in [5.74, 6) is 0. The van der Waals surface area contributed by atoms with Crippen LogP contribution < -0.4 is 9.54 Å². The maximum Gasteiger partial charge on any atom is 0.193 e. The molecule has 0 saturated heterocycles. The molecule has 3 nitrogen and oxygen atoms in total. The third kappa shape index (κ3) is 1.13. The van der Waals surface area contributed by atoms with Gasteiger partial charge >= 0.3 is 0 Å². The molecule has 1 N–H and O–H groups in total.